The maximum Gasteiger partial charge on any atom is 0.268 e. The average Bonchev–Trinajstić information content (AvgIpc) is 2.31. The van der Waals surface area contributed by atoms with Crippen LogP contribution in [0, 0.1) is 0 Å². The minimum absolute atomic E-state index is 0.0655. The number of amides is 1. The molecule has 0 aliphatic carbocycles. The number of nitrogens with one attached hydrogen (secondary N) is 1. The van der Waals surface area contributed by atoms with Crippen LogP contribution in [0.4, 0.5) is 5.69 Å². The van der Waals surface area contributed by atoms with Gasteiger partial charge in [0.15, 0.2) is 5.60 Å². The van der Waals surface area contributed by atoms with Gasteiger partial charge in [0.2, 0.25) is 0 Å². The van der Waals surface area contributed by atoms with Gasteiger partial charge in [-0.25, -0.2) is 0 Å². The minimum atomic E-state index is -0.736. The van der Waals surface area contributed by atoms with E-state index in [1.54, 1.807) is 0 Å². The van der Waals surface area contributed by atoms with Crippen molar-refractivity contribution in [3.8, 4) is 5.75 Å². The molecule has 0 unspecified atom stereocenters. The van der Waals surface area contributed by atoms with E-state index in [4.69, 9.17) is 4.74 Å². The third kappa shape index (κ3) is 2.10. The molecule has 0 aromatic heterocycles. The second-order valence-corrected chi connectivity index (χ2v) is 5.73. The van der Waals surface area contributed by atoms with Gasteiger partial charge in [-0.2, -0.15) is 0 Å². The number of anilines is 1. The van der Waals surface area contributed by atoms with Crippen molar-refractivity contribution < 1.29 is 9.53 Å². The third-order valence-electron chi connectivity index (χ3n) is 3.13. The molecule has 92 valence electrons. The summed E-state index contributed by atoms with van der Waals surface area (Å²) in [5, 5.41) is 2.91. The van der Waals surface area contributed by atoms with Crippen LogP contribution in [0.1, 0.15) is 26.7 Å². The highest BCUT2D eigenvalue weighted by Gasteiger charge is 2.41. The Hall–Kier alpha value is -0.550. The van der Waals surface area contributed by atoms with E-state index in [9.17, 15) is 4.79 Å². The number of carbonyl (C=O) groups is 1. The Morgan fingerprint density at radius 1 is 1.24 bits per heavy atom. The topological polar surface area (TPSA) is 38.3 Å². The molecule has 1 heterocycles. The maximum atomic E-state index is 12.1. The normalized spacial score (nSPS) is 17.1. The zero-order valence-corrected chi connectivity index (χ0v) is 12.8. The number of benzene rings is 1. The summed E-state index contributed by atoms with van der Waals surface area (Å²) in [6.07, 6.45) is 1.31. The summed E-state index contributed by atoms with van der Waals surface area (Å²) in [5.41, 5.74) is -0.0251. The van der Waals surface area contributed by atoms with Gasteiger partial charge in [-0.15, -0.1) is 0 Å². The molecule has 0 spiro atoms. The number of rotatable bonds is 2. The van der Waals surface area contributed by atoms with Crippen LogP contribution in [-0.2, 0) is 4.79 Å². The largest absolute Gasteiger partial charge is 0.475 e. The number of hydrogen-bond acceptors (Lipinski definition) is 2. The molecular weight excluding hydrogens is 350 g/mol. The molecule has 0 atom stereocenters. The first-order chi connectivity index (χ1) is 8.02. The zero-order chi connectivity index (χ0) is 12.6. The van der Waals surface area contributed by atoms with Crippen LogP contribution in [0.25, 0.3) is 0 Å². The van der Waals surface area contributed by atoms with Crippen molar-refractivity contribution in [2.75, 3.05) is 5.32 Å². The molecule has 0 bridgehead atoms. The lowest BCUT2D eigenvalue weighted by atomic mass is 9.94. The monoisotopic (exact) mass is 361 g/mol. The van der Waals surface area contributed by atoms with Gasteiger partial charge in [-0.3, -0.25) is 4.79 Å². The molecule has 17 heavy (non-hydrogen) atoms. The first-order valence-electron chi connectivity index (χ1n) is 5.52. The summed E-state index contributed by atoms with van der Waals surface area (Å²) in [6, 6.07) is 3.71. The van der Waals surface area contributed by atoms with Crippen molar-refractivity contribution in [1.29, 1.82) is 0 Å². The fourth-order valence-electron chi connectivity index (χ4n) is 1.92. The van der Waals surface area contributed by atoms with Gasteiger partial charge in [0.05, 0.1) is 5.69 Å². The Morgan fingerprint density at radius 2 is 1.82 bits per heavy atom. The van der Waals surface area contributed by atoms with E-state index in [0.717, 1.165) is 8.95 Å². The number of hydrogen-bond donors (Lipinski definition) is 1. The summed E-state index contributed by atoms with van der Waals surface area (Å²) >= 11 is 6.83. The van der Waals surface area contributed by atoms with Crippen LogP contribution in [0.2, 0.25) is 0 Å². The van der Waals surface area contributed by atoms with Gasteiger partial charge in [0.1, 0.15) is 5.75 Å². The van der Waals surface area contributed by atoms with Crippen molar-refractivity contribution in [3.63, 3.8) is 0 Å². The molecule has 2 rings (SSSR count). The molecule has 0 saturated carbocycles. The van der Waals surface area contributed by atoms with Gasteiger partial charge in [-0.05, 0) is 56.8 Å². The van der Waals surface area contributed by atoms with E-state index in [0.29, 0.717) is 24.3 Å². The number of carbonyl (C=O) groups excluding carboxylic acids is 1. The Bertz CT molecular complexity index is 470. The standard InChI is InChI=1S/C12H13Br2NO2/c1-3-12(4-2)11(16)15-9-5-7(13)8(14)6-10(9)17-12/h5-6H,3-4H2,1-2H3,(H,15,16). The summed E-state index contributed by atoms with van der Waals surface area (Å²) in [5.74, 6) is 0.646. The minimum Gasteiger partial charge on any atom is -0.475 e. The summed E-state index contributed by atoms with van der Waals surface area (Å²) < 4.78 is 7.70. The molecule has 1 aromatic carbocycles. The van der Waals surface area contributed by atoms with Crippen LogP contribution in [0.3, 0.4) is 0 Å². The molecule has 5 heteroatoms. The molecule has 3 nitrogen and oxygen atoms in total. The average molecular weight is 363 g/mol. The zero-order valence-electron chi connectivity index (χ0n) is 9.64. The fourth-order valence-corrected chi connectivity index (χ4v) is 2.58. The lowest BCUT2D eigenvalue weighted by molar-refractivity contribution is -0.133. The van der Waals surface area contributed by atoms with E-state index in [1.165, 1.54) is 0 Å². The smallest absolute Gasteiger partial charge is 0.268 e. The third-order valence-corrected chi connectivity index (χ3v) is 4.98. The fraction of sp³-hybridized carbons (Fsp3) is 0.417. The van der Waals surface area contributed by atoms with Crippen molar-refractivity contribution in [2.45, 2.75) is 32.3 Å². The maximum absolute atomic E-state index is 12.1. The summed E-state index contributed by atoms with van der Waals surface area (Å²) in [4.78, 5) is 12.1. The van der Waals surface area contributed by atoms with Gasteiger partial charge < -0.3 is 10.1 Å². The quantitative estimate of drug-likeness (QED) is 0.859. The molecule has 1 N–H and O–H groups in total. The number of ether oxygens (including phenoxy) is 1. The molecule has 1 aliphatic heterocycles. The lowest BCUT2D eigenvalue weighted by Crippen LogP contribution is -2.49. The highest BCUT2D eigenvalue weighted by Crippen LogP contribution is 2.41. The summed E-state index contributed by atoms with van der Waals surface area (Å²) in [6.45, 7) is 3.92. The van der Waals surface area contributed by atoms with Crippen LogP contribution < -0.4 is 10.1 Å². The molecule has 0 fully saturated rings. The van der Waals surface area contributed by atoms with E-state index < -0.39 is 5.60 Å². The number of halogens is 2. The molecule has 0 saturated heterocycles. The highest BCUT2D eigenvalue weighted by atomic mass is 79.9. The van der Waals surface area contributed by atoms with Crippen molar-refractivity contribution >= 4 is 43.5 Å². The predicted molar refractivity (Wildman–Crippen MR) is 74.4 cm³/mol. The van der Waals surface area contributed by atoms with Gasteiger partial charge in [-0.1, -0.05) is 13.8 Å². The Balaban J connectivity index is 2.47. The van der Waals surface area contributed by atoms with Crippen molar-refractivity contribution in [2.24, 2.45) is 0 Å². The molecule has 0 radical (unpaired) electrons. The van der Waals surface area contributed by atoms with Crippen LogP contribution >= 0.6 is 31.9 Å². The Morgan fingerprint density at radius 3 is 2.41 bits per heavy atom. The predicted octanol–water partition coefficient (Wildman–Crippen LogP) is 4.10. The van der Waals surface area contributed by atoms with Gasteiger partial charge in [0, 0.05) is 8.95 Å². The SMILES string of the molecule is CCC1(CC)Oc2cc(Br)c(Br)cc2NC1=O. The second-order valence-electron chi connectivity index (χ2n) is 4.02. The van der Waals surface area contributed by atoms with Gasteiger partial charge >= 0.3 is 0 Å². The molecule has 1 amide bonds. The highest BCUT2D eigenvalue weighted by molar-refractivity contribution is 9.13. The molecule has 1 aliphatic rings. The van der Waals surface area contributed by atoms with Crippen LogP contribution in [0.5, 0.6) is 5.75 Å². The van der Waals surface area contributed by atoms with Crippen LogP contribution in [0.15, 0.2) is 21.1 Å². The van der Waals surface area contributed by atoms with Crippen LogP contribution in [-0.4, -0.2) is 11.5 Å². The molecule has 1 aromatic rings. The number of fused-ring (bicyclic) bond motifs is 1. The van der Waals surface area contributed by atoms with Gasteiger partial charge in [0.25, 0.3) is 5.91 Å². The van der Waals surface area contributed by atoms with E-state index >= 15 is 0 Å². The second kappa shape index (κ2) is 4.61. The van der Waals surface area contributed by atoms with Crippen molar-refractivity contribution in [3.05, 3.63) is 21.1 Å². The van der Waals surface area contributed by atoms with E-state index in [1.807, 2.05) is 26.0 Å². The first-order valence-corrected chi connectivity index (χ1v) is 7.10. The van der Waals surface area contributed by atoms with Crippen molar-refractivity contribution in [1.82, 2.24) is 0 Å². The molecular formula is C12H13Br2NO2. The van der Waals surface area contributed by atoms with E-state index in [2.05, 4.69) is 37.2 Å². The Kier molecular flexibility index (Phi) is 3.50. The summed E-state index contributed by atoms with van der Waals surface area (Å²) in [7, 11) is 0. The Labute approximate surface area is 117 Å². The lowest BCUT2D eigenvalue weighted by Gasteiger charge is -2.36. The first kappa shape index (κ1) is 12.9. The van der Waals surface area contributed by atoms with E-state index in [-0.39, 0.29) is 5.91 Å².